The van der Waals surface area contributed by atoms with Gasteiger partial charge < -0.3 is 21.3 Å². The summed E-state index contributed by atoms with van der Waals surface area (Å²) < 4.78 is 38.9. The van der Waals surface area contributed by atoms with Crippen molar-refractivity contribution < 1.29 is 22.8 Å². The lowest BCUT2D eigenvalue weighted by Crippen LogP contribution is -2.63. The standard InChI is InChI=1S/C27H33F3N4O2S/c1-16(2)32-21-8-5-9-22(24(21)34-26(37)18-12-10-17(3)11-13-18)33-23(35)15-31-25(36)19-6-4-7-20(14-19)27(28,29)30/h4,6-7,10-14,16,21-22,24,32H,5,8-9,15H2,1-3H3,(H,31,36)(H,33,35)(H,34,37). The largest absolute Gasteiger partial charge is 0.416 e. The van der Waals surface area contributed by atoms with Gasteiger partial charge in [-0.25, -0.2) is 0 Å². The molecule has 0 heterocycles. The number of amides is 2. The monoisotopic (exact) mass is 534 g/mol. The molecule has 4 N–H and O–H groups in total. The van der Waals surface area contributed by atoms with E-state index in [1.165, 1.54) is 6.07 Å². The minimum Gasteiger partial charge on any atom is -0.369 e. The molecule has 1 fully saturated rings. The molecule has 0 bridgehead atoms. The van der Waals surface area contributed by atoms with Crippen LogP contribution in [0, 0.1) is 6.92 Å². The van der Waals surface area contributed by atoms with Gasteiger partial charge >= 0.3 is 6.18 Å². The lowest BCUT2D eigenvalue weighted by atomic mass is 9.85. The summed E-state index contributed by atoms with van der Waals surface area (Å²) in [5.41, 5.74) is 0.923. The maximum atomic E-state index is 13.0. The number of thiocarbonyl (C=S) groups is 1. The van der Waals surface area contributed by atoms with Crippen molar-refractivity contribution in [2.45, 2.75) is 70.4 Å². The molecular formula is C27H33F3N4O2S. The summed E-state index contributed by atoms with van der Waals surface area (Å²) in [5, 5.41) is 12.4. The normalized spacial score (nSPS) is 19.8. The lowest BCUT2D eigenvalue weighted by Gasteiger charge is -2.41. The third kappa shape index (κ3) is 8.26. The van der Waals surface area contributed by atoms with Crippen molar-refractivity contribution in [1.82, 2.24) is 21.3 Å². The van der Waals surface area contributed by atoms with Crippen molar-refractivity contribution in [3.63, 3.8) is 0 Å². The second-order valence-electron chi connectivity index (χ2n) is 9.66. The summed E-state index contributed by atoms with van der Waals surface area (Å²) in [6, 6.07) is 11.8. The van der Waals surface area contributed by atoms with Gasteiger partial charge in [-0.2, -0.15) is 13.2 Å². The van der Waals surface area contributed by atoms with Crippen LogP contribution >= 0.6 is 12.2 Å². The second kappa shape index (κ2) is 12.5. The number of hydrogen-bond donors (Lipinski definition) is 4. The Bertz CT molecular complexity index is 1110. The predicted octanol–water partition coefficient (Wildman–Crippen LogP) is 4.11. The van der Waals surface area contributed by atoms with Crippen molar-refractivity contribution in [3.05, 3.63) is 70.8 Å². The molecule has 0 saturated heterocycles. The topological polar surface area (TPSA) is 82.3 Å². The van der Waals surface area contributed by atoms with Gasteiger partial charge in [0.25, 0.3) is 5.91 Å². The van der Waals surface area contributed by atoms with Gasteiger partial charge in [-0.15, -0.1) is 0 Å². The Hall–Kier alpha value is -2.98. The first-order valence-electron chi connectivity index (χ1n) is 12.3. The number of alkyl halides is 3. The van der Waals surface area contributed by atoms with Crippen LogP contribution in [0.4, 0.5) is 13.2 Å². The van der Waals surface area contributed by atoms with E-state index in [-0.39, 0.29) is 36.3 Å². The molecule has 0 aliphatic heterocycles. The van der Waals surface area contributed by atoms with Gasteiger partial charge in [-0.3, -0.25) is 9.59 Å². The van der Waals surface area contributed by atoms with Crippen LogP contribution in [0.25, 0.3) is 0 Å². The van der Waals surface area contributed by atoms with Crippen LogP contribution in [0.1, 0.15) is 60.2 Å². The van der Waals surface area contributed by atoms with Gasteiger partial charge in [0.1, 0.15) is 4.99 Å². The molecule has 1 aliphatic rings. The average molecular weight is 535 g/mol. The Morgan fingerprint density at radius 1 is 1.00 bits per heavy atom. The van der Waals surface area contributed by atoms with Crippen LogP contribution in [0.15, 0.2) is 48.5 Å². The summed E-state index contributed by atoms with van der Waals surface area (Å²) in [7, 11) is 0. The van der Waals surface area contributed by atoms with E-state index in [0.29, 0.717) is 4.99 Å². The van der Waals surface area contributed by atoms with E-state index in [1.54, 1.807) is 0 Å². The van der Waals surface area contributed by atoms with Crippen LogP contribution in [-0.2, 0) is 11.0 Å². The van der Waals surface area contributed by atoms with E-state index in [4.69, 9.17) is 12.2 Å². The van der Waals surface area contributed by atoms with Gasteiger partial charge in [0, 0.05) is 23.2 Å². The van der Waals surface area contributed by atoms with Crippen molar-refractivity contribution in [2.75, 3.05) is 6.54 Å². The zero-order chi connectivity index (χ0) is 27.2. The highest BCUT2D eigenvalue weighted by atomic mass is 32.1. The fourth-order valence-electron chi connectivity index (χ4n) is 4.47. The average Bonchev–Trinajstić information content (AvgIpc) is 2.84. The summed E-state index contributed by atoms with van der Waals surface area (Å²) in [5.74, 6) is -1.18. The first-order chi connectivity index (χ1) is 17.4. The molecule has 10 heteroatoms. The fraction of sp³-hybridized carbons (Fsp3) is 0.444. The number of carbonyl (C=O) groups is 2. The highest BCUT2D eigenvalue weighted by Gasteiger charge is 2.35. The molecule has 3 rings (SSSR count). The van der Waals surface area contributed by atoms with Gasteiger partial charge in [-0.05, 0) is 44.4 Å². The minimum atomic E-state index is -4.56. The Balaban J connectivity index is 1.65. The highest BCUT2D eigenvalue weighted by Crippen LogP contribution is 2.29. The number of rotatable bonds is 8. The maximum Gasteiger partial charge on any atom is 0.416 e. The Labute approximate surface area is 220 Å². The number of benzene rings is 2. The fourth-order valence-corrected chi connectivity index (χ4v) is 4.74. The van der Waals surface area contributed by atoms with Crippen molar-refractivity contribution in [2.24, 2.45) is 0 Å². The maximum absolute atomic E-state index is 13.0. The number of nitrogens with one attached hydrogen (secondary N) is 4. The molecule has 3 atom stereocenters. The van der Waals surface area contributed by atoms with Crippen LogP contribution in [0.3, 0.4) is 0 Å². The van der Waals surface area contributed by atoms with Crippen molar-refractivity contribution in [1.29, 1.82) is 0 Å². The third-order valence-corrected chi connectivity index (χ3v) is 6.62. The van der Waals surface area contributed by atoms with E-state index < -0.39 is 23.6 Å². The third-order valence-electron chi connectivity index (χ3n) is 6.26. The zero-order valence-electron chi connectivity index (χ0n) is 21.1. The number of carbonyl (C=O) groups excluding carboxylic acids is 2. The summed E-state index contributed by atoms with van der Waals surface area (Å²) in [6.45, 7) is 5.76. The van der Waals surface area contributed by atoms with Crippen LogP contribution < -0.4 is 21.3 Å². The SMILES string of the molecule is Cc1ccc(C(=S)NC2C(NC(=O)CNC(=O)c3cccc(C(F)(F)F)c3)CCCC2NC(C)C)cc1. The molecule has 0 aromatic heterocycles. The molecule has 0 radical (unpaired) electrons. The molecule has 2 aromatic rings. The molecule has 2 amide bonds. The zero-order valence-corrected chi connectivity index (χ0v) is 21.9. The Morgan fingerprint density at radius 3 is 2.32 bits per heavy atom. The highest BCUT2D eigenvalue weighted by molar-refractivity contribution is 7.80. The summed E-state index contributed by atoms with van der Waals surface area (Å²) in [4.78, 5) is 25.7. The molecule has 3 unspecified atom stereocenters. The predicted molar refractivity (Wildman–Crippen MR) is 141 cm³/mol. The van der Waals surface area contributed by atoms with E-state index in [0.717, 1.165) is 48.6 Å². The quantitative estimate of drug-likeness (QED) is 0.383. The molecule has 37 heavy (non-hydrogen) atoms. The van der Waals surface area contributed by atoms with Gasteiger partial charge in [0.15, 0.2) is 0 Å². The van der Waals surface area contributed by atoms with E-state index in [1.807, 2.05) is 31.2 Å². The Kier molecular flexibility index (Phi) is 9.67. The minimum absolute atomic E-state index is 0.0575. The van der Waals surface area contributed by atoms with E-state index in [9.17, 15) is 22.8 Å². The van der Waals surface area contributed by atoms with Crippen LogP contribution in [0.5, 0.6) is 0 Å². The van der Waals surface area contributed by atoms with Gasteiger partial charge in [0.05, 0.1) is 24.2 Å². The van der Waals surface area contributed by atoms with Gasteiger partial charge in [0.2, 0.25) is 5.91 Å². The molecule has 1 saturated carbocycles. The number of halogens is 3. The molecular weight excluding hydrogens is 501 g/mol. The Morgan fingerprint density at radius 2 is 1.68 bits per heavy atom. The number of hydrogen-bond acceptors (Lipinski definition) is 4. The molecule has 6 nitrogen and oxygen atoms in total. The van der Waals surface area contributed by atoms with Crippen LogP contribution in [0.2, 0.25) is 0 Å². The van der Waals surface area contributed by atoms with Crippen LogP contribution in [-0.4, -0.2) is 47.5 Å². The van der Waals surface area contributed by atoms with Gasteiger partial charge in [-0.1, -0.05) is 62.0 Å². The summed E-state index contributed by atoms with van der Waals surface area (Å²) in [6.07, 6.45) is -2.04. The molecule has 2 aromatic carbocycles. The molecule has 200 valence electrons. The smallest absolute Gasteiger partial charge is 0.369 e. The molecule has 0 spiro atoms. The number of aryl methyl sites for hydroxylation is 1. The van der Waals surface area contributed by atoms with Crippen molar-refractivity contribution >= 4 is 29.0 Å². The molecule has 1 aliphatic carbocycles. The lowest BCUT2D eigenvalue weighted by molar-refractivity contribution is -0.137. The first-order valence-corrected chi connectivity index (χ1v) is 12.7. The van der Waals surface area contributed by atoms with E-state index >= 15 is 0 Å². The van der Waals surface area contributed by atoms with E-state index in [2.05, 4.69) is 35.1 Å². The first kappa shape index (κ1) is 28.6. The summed E-state index contributed by atoms with van der Waals surface area (Å²) >= 11 is 5.67. The second-order valence-corrected chi connectivity index (χ2v) is 10.1. The van der Waals surface area contributed by atoms with Crippen molar-refractivity contribution in [3.8, 4) is 0 Å².